The molecule has 0 aromatic carbocycles. The molecule has 0 spiro atoms. The van der Waals surface area contributed by atoms with Crippen molar-refractivity contribution in [2.75, 3.05) is 48.2 Å². The maximum Gasteiger partial charge on any atom is 0.488 e. The molecule has 0 radical (unpaired) electrons. The van der Waals surface area contributed by atoms with Crippen LogP contribution in [0.1, 0.15) is 87.6 Å². The van der Waals surface area contributed by atoms with E-state index in [-0.39, 0.29) is 79.6 Å². The van der Waals surface area contributed by atoms with Crippen LogP contribution in [0.25, 0.3) is 0 Å². The Morgan fingerprint density at radius 1 is 0.570 bits per heavy atom. The zero-order chi connectivity index (χ0) is 64.1. The van der Waals surface area contributed by atoms with Gasteiger partial charge in [0.25, 0.3) is 0 Å². The number of ether oxygens (including phenoxy) is 6. The Labute approximate surface area is 500 Å². The van der Waals surface area contributed by atoms with Crippen molar-refractivity contribution in [3.8, 4) is 0 Å². The predicted octanol–water partition coefficient (Wildman–Crippen LogP) is -0.306. The van der Waals surface area contributed by atoms with Gasteiger partial charge in [0.2, 0.25) is 0 Å². The number of hydrogen-bond donors (Lipinski definition) is 18. The topological polar surface area (TPSA) is 625 Å². The van der Waals surface area contributed by atoms with Crippen molar-refractivity contribution in [3.63, 3.8) is 0 Å². The van der Waals surface area contributed by atoms with Crippen LogP contribution in [0.15, 0.2) is 34.0 Å². The first-order chi connectivity index (χ1) is 39.8. The van der Waals surface area contributed by atoms with Crippen LogP contribution in [0.2, 0.25) is 19.6 Å². The van der Waals surface area contributed by atoms with E-state index in [2.05, 4.69) is 95.9 Å². The number of phosphoric acid groups is 2. The highest BCUT2D eigenvalue weighted by Crippen LogP contribution is 2.66. The number of imidazole rings is 3. The van der Waals surface area contributed by atoms with Crippen molar-refractivity contribution in [2.45, 2.75) is 127 Å². The summed E-state index contributed by atoms with van der Waals surface area (Å²) in [5, 5.41) is 68.4. The number of hydrogen-bond acceptors (Lipinski definition) is 33. The lowest BCUT2D eigenvalue weighted by Gasteiger charge is -2.23. The fourth-order valence-corrected chi connectivity index (χ4v) is 13.0. The van der Waals surface area contributed by atoms with E-state index in [9.17, 15) is 58.4 Å². The van der Waals surface area contributed by atoms with Gasteiger partial charge in [0.05, 0.1) is 32.2 Å². The number of nitrogens with two attached hydrogens (primary N) is 3. The van der Waals surface area contributed by atoms with E-state index in [0.29, 0.717) is 11.6 Å². The molecular formula is C37H67IN15O27P5Si. The molecule has 3 aromatic heterocycles. The van der Waals surface area contributed by atoms with Gasteiger partial charge in [0, 0.05) is 19.3 Å². The summed E-state index contributed by atoms with van der Waals surface area (Å²) in [4.78, 5) is 76.5. The van der Waals surface area contributed by atoms with Gasteiger partial charge < -0.3 is 131 Å². The number of aliphatic imine (C=N–C) groups is 3. The molecule has 0 saturated carbocycles. The Hall–Kier alpha value is -3.34. The van der Waals surface area contributed by atoms with Crippen molar-refractivity contribution >= 4 is 101 Å². The quantitative estimate of drug-likeness (QED) is 0.0299. The van der Waals surface area contributed by atoms with Gasteiger partial charge in [0.15, 0.2) is 93.2 Å². The second kappa shape index (κ2) is 29.3. The Balaban J connectivity index is 0.000000200. The molecule has 9 rings (SSSR count). The maximum absolute atomic E-state index is 12.5. The number of fused-ring (bicyclic) bond motifs is 3. The normalized spacial score (nSPS) is 28.5. The van der Waals surface area contributed by atoms with Gasteiger partial charge in [-0.2, -0.15) is 4.31 Å². The van der Waals surface area contributed by atoms with Crippen LogP contribution < -0.4 is 33.2 Å². The van der Waals surface area contributed by atoms with E-state index in [4.69, 9.17) is 79.1 Å². The summed E-state index contributed by atoms with van der Waals surface area (Å²) < 4.78 is 111. The zero-order valence-electron chi connectivity index (χ0n) is 45.7. The summed E-state index contributed by atoms with van der Waals surface area (Å²) in [5.41, 5.74) is 16.7. The van der Waals surface area contributed by atoms with Gasteiger partial charge in [0.1, 0.15) is 58.4 Å². The van der Waals surface area contributed by atoms with Crippen LogP contribution in [-0.4, -0.2) is 182 Å². The largest absolute Gasteiger partial charge is 0.488 e. The zero-order valence-corrected chi connectivity index (χ0v) is 53.3. The third-order valence-electron chi connectivity index (χ3n) is 11.1. The average molecular weight is 1460 g/mol. The molecule has 488 valence electrons. The molecule has 42 nitrogen and oxygen atoms in total. The Kier molecular flexibility index (Phi) is 24.4. The van der Waals surface area contributed by atoms with Crippen molar-refractivity contribution < 1.29 is 129 Å². The lowest BCUT2D eigenvalue weighted by Crippen LogP contribution is -2.31. The molecule has 5 unspecified atom stereocenters. The van der Waals surface area contributed by atoms with E-state index in [1.54, 1.807) is 13.8 Å². The first-order valence-corrected chi connectivity index (χ1v) is 39.8. The number of anilines is 3. The van der Waals surface area contributed by atoms with Gasteiger partial charge >= 0.3 is 38.4 Å². The van der Waals surface area contributed by atoms with Gasteiger partial charge in [-0.05, 0) is 13.8 Å². The molecule has 6 aliphatic heterocycles. The molecule has 0 aliphatic carbocycles. The first kappa shape index (κ1) is 71.7. The van der Waals surface area contributed by atoms with Gasteiger partial charge in [-0.3, -0.25) is 27.4 Å². The molecule has 21 N–H and O–H groups in total. The maximum atomic E-state index is 12.5. The minimum atomic E-state index is -5.60. The molecule has 14 atom stereocenters. The van der Waals surface area contributed by atoms with E-state index in [1.807, 2.05) is 0 Å². The Morgan fingerprint density at radius 3 is 1.19 bits per heavy atom. The highest BCUT2D eigenvalue weighted by molar-refractivity contribution is 14.1. The lowest BCUT2D eigenvalue weighted by molar-refractivity contribution is -0.146. The molecule has 3 saturated heterocycles. The van der Waals surface area contributed by atoms with E-state index in [1.165, 1.54) is 32.7 Å². The van der Waals surface area contributed by atoms with Crippen LogP contribution in [0.5, 0.6) is 0 Å². The standard InChI is InChI=1S/C14H24N5O7P.C10H18N5O13P3.C10H16N5O7P.C3H9ISi/c1-3-24-27(22,25-4-2)7-23-9-5-8(20)13(26-9)19-6-16-10-11(19)17-14(15)18-12(10)21;11-10-13-7-6(8(17)14-10)12-2-15(7)9-4(16)1-5(26-9)25-3-29(18,19)27-31(23,24)28-30(20,21)22;11-10-13-7-6(8(17)14-10)12-2-15(7)9-4(16)1-5(22-9)21-3-23(18,19)20;1-5(2,3)4/h6,8-9,12-13,20-21H,3-5,7H2,1-2H3,(H3,15,17,18);2,4-5,8-9,16-17H,1,3H2,(H,18,19)(H,23,24)(H3,11,13,14)(H2,20,21,22);2,4-5,8-9,16-17H,1,3H2,(H3,11,13,14)(H2,18,19,20);1-3H3/t8-,9-,12?,13+;2*4-,5-,8?,9+;/m000./s1. The highest BCUT2D eigenvalue weighted by Gasteiger charge is 2.45. The third kappa shape index (κ3) is 20.6. The van der Waals surface area contributed by atoms with Crippen molar-refractivity contribution in [1.29, 1.82) is 0 Å². The second-order valence-electron chi connectivity index (χ2n) is 19.3. The number of aliphatic hydroxyl groups excluding tert-OH is 6. The number of aliphatic hydroxyl groups is 6. The monoisotopic (exact) mass is 1460 g/mol. The van der Waals surface area contributed by atoms with E-state index in [0.717, 1.165) is 0 Å². The molecule has 0 bridgehead atoms. The number of nitrogens with zero attached hydrogens (tertiary/aromatic N) is 9. The predicted molar refractivity (Wildman–Crippen MR) is 303 cm³/mol. The molecular weight excluding hydrogens is 1400 g/mol. The van der Waals surface area contributed by atoms with Gasteiger partial charge in [-0.1, -0.05) is 19.6 Å². The minimum Gasteiger partial charge on any atom is -0.388 e. The van der Waals surface area contributed by atoms with Crippen LogP contribution >= 0.6 is 60.2 Å². The SMILES string of the molecule is CCOP(=O)(CO[C@@H]1C[C@H](O)[C@H](n2cnc3c2NC(N)=NC3O)O1)OCC.C[Si](C)(C)I.NC1=NC(O)c2ncn([C@@H]3O[C@H](OCP(=O)(O)O)C[C@@H]3O)c2N1.NC1=NC(O)c2ncn([C@@H]3O[C@H](OCP(=O)(O)OP(=O)(O)OP(=O)(O)O)C[C@@H]3O)c2N1. The summed E-state index contributed by atoms with van der Waals surface area (Å²) in [6, 6.07) is 0. The summed E-state index contributed by atoms with van der Waals surface area (Å²) >= 11 is 2.52. The number of rotatable bonds is 20. The number of guanidine groups is 3. The average Bonchev–Trinajstić information content (AvgIpc) is 1.95. The minimum absolute atomic E-state index is 0.0176. The smallest absolute Gasteiger partial charge is 0.388 e. The van der Waals surface area contributed by atoms with Gasteiger partial charge in [-0.15, -0.1) is 21.8 Å². The molecule has 3 fully saturated rings. The molecule has 49 heteroatoms. The summed E-state index contributed by atoms with van der Waals surface area (Å²) in [6.45, 7) is 10.8. The fraction of sp³-hybridized carbons (Fsp3) is 0.676. The number of aromatic nitrogens is 6. The Morgan fingerprint density at radius 2 is 0.884 bits per heavy atom. The first-order valence-electron chi connectivity index (χ1n) is 24.9. The number of nitrogens with one attached hydrogen (secondary N) is 3. The molecule has 9 heterocycles. The molecule has 6 aliphatic rings. The van der Waals surface area contributed by atoms with Crippen molar-refractivity contribution in [3.05, 3.63) is 36.1 Å². The third-order valence-corrected chi connectivity index (χ3v) is 17.3. The number of halogens is 1. The highest BCUT2D eigenvalue weighted by atomic mass is 127. The molecule has 0 amide bonds. The van der Waals surface area contributed by atoms with Crippen LogP contribution in [0.3, 0.4) is 0 Å². The summed E-state index contributed by atoms with van der Waals surface area (Å²) in [7, 11) is -23.9. The van der Waals surface area contributed by atoms with E-state index < -0.39 is 131 Å². The van der Waals surface area contributed by atoms with E-state index >= 15 is 0 Å². The summed E-state index contributed by atoms with van der Waals surface area (Å²) in [5.74, 6) is 0.738. The van der Waals surface area contributed by atoms with Crippen molar-refractivity contribution in [1.82, 2.24) is 28.7 Å². The lowest BCUT2D eigenvalue weighted by atomic mass is 10.2. The fourth-order valence-electron chi connectivity index (χ4n) is 7.99. The molecule has 86 heavy (non-hydrogen) atoms. The van der Waals surface area contributed by atoms with Gasteiger partial charge in [-0.25, -0.2) is 43.4 Å². The Bertz CT molecular complexity index is 3150. The van der Waals surface area contributed by atoms with Crippen LogP contribution in [0.4, 0.5) is 17.5 Å². The van der Waals surface area contributed by atoms with Crippen LogP contribution in [0, 0.1) is 0 Å². The second-order valence-corrected chi connectivity index (χ2v) is 41.5. The van der Waals surface area contributed by atoms with Crippen molar-refractivity contribution in [2.24, 2.45) is 32.2 Å². The molecule has 3 aromatic rings. The summed E-state index contributed by atoms with van der Waals surface area (Å²) in [6.07, 6.45) is -11.4. The van der Waals surface area contributed by atoms with Crippen LogP contribution in [-0.2, 0) is 68.9 Å².